The van der Waals surface area contributed by atoms with Crippen LogP contribution < -0.4 is 36.7 Å². The highest BCUT2D eigenvalue weighted by Crippen LogP contribution is 2.68. The minimum Gasteiger partial charge on any atom is -0.497 e. The number of fused-ring (bicyclic) bond motifs is 5. The van der Waals surface area contributed by atoms with E-state index < -0.39 is 41.0 Å². The minimum atomic E-state index is -1.21. The van der Waals surface area contributed by atoms with Crippen LogP contribution in [0.4, 0.5) is 0 Å². The first-order valence-electron chi connectivity index (χ1n) is 29.5. The number of ketones is 1. The second-order valence-corrected chi connectivity index (χ2v) is 24.2. The molecular formula is C65H85N5O10. The number of benzene rings is 3. The standard InChI is InChI=1S/C65H85N5O10/c1-42(53-28-29-54-52-27-21-45-12-10-11-34-63(45,2)55(52)33-35-64(53,54)3)15-30-58(73)67-36-37-68-59(74)31-16-43-40-70(62(76)69-61(43)75)60-39-44(38-49(71)22-32-57(72)66-4)56(80-60)41-79-65(46-13-8-7-9-14-46,47-17-23-50(77-5)24-18-47)48-19-25-51(78-6)26-20-48/h7-9,13-14,16-20,23-26,31,40,42,44-45,52-56,60H,10-12,15,21-22,27-30,32-39,41H2,1-6H3,(H,66,72)(H,67,73)(H,68,74)(H,69,75,76)/t42-,44?,45+,52+,53-,54+,55+,56-,60-,63+,64-/m1/s1. The Hall–Kier alpha value is -6.32. The fourth-order valence-electron chi connectivity index (χ4n) is 15.8. The molecule has 4 saturated carbocycles. The quantitative estimate of drug-likeness (QED) is 0.0315. The number of rotatable bonds is 23. The first kappa shape index (κ1) is 58.3. The molecule has 1 aromatic heterocycles. The molecule has 11 atom stereocenters. The van der Waals surface area contributed by atoms with Gasteiger partial charge in [0.2, 0.25) is 17.7 Å². The Balaban J connectivity index is 0.825. The number of nitrogens with one attached hydrogen (secondary N) is 4. The number of amides is 3. The fraction of sp³-hybridized carbons (Fsp3) is 0.569. The third-order valence-electron chi connectivity index (χ3n) is 20.0. The SMILES string of the molecule is CNC(=O)CCC(=O)CC1C[C@H](n2cc(C=CC(=O)NCCNC(=O)CC[C@@H](C)[C@H]3CC[C@H]4[C@@H]5CC[C@@H]6CCCC[C@]6(C)[C@H]5CC[C@]34C)c(=O)[nH]c2=O)O[C@@H]1COC(c1ccccc1)(c1ccc(OC)cc1)c1ccc(OC)cc1. The van der Waals surface area contributed by atoms with E-state index in [2.05, 4.69) is 41.7 Å². The molecular weight excluding hydrogens is 1010 g/mol. The molecule has 9 rings (SSSR count). The molecule has 5 fully saturated rings. The van der Waals surface area contributed by atoms with Gasteiger partial charge in [0.05, 0.1) is 32.5 Å². The average molecular weight is 1100 g/mol. The summed E-state index contributed by atoms with van der Waals surface area (Å²) in [7, 11) is 4.73. The largest absolute Gasteiger partial charge is 0.497 e. The van der Waals surface area contributed by atoms with Crippen molar-refractivity contribution in [2.45, 2.75) is 141 Å². The number of hydrogen-bond donors (Lipinski definition) is 4. The first-order chi connectivity index (χ1) is 38.6. The Morgan fingerprint density at radius 2 is 1.45 bits per heavy atom. The molecule has 1 unspecified atom stereocenters. The minimum absolute atomic E-state index is 0.0159. The van der Waals surface area contributed by atoms with Crippen LogP contribution in [0.15, 0.2) is 101 Å². The van der Waals surface area contributed by atoms with Gasteiger partial charge in [-0.15, -0.1) is 0 Å². The van der Waals surface area contributed by atoms with Crippen molar-refractivity contribution >= 4 is 29.6 Å². The maximum absolute atomic E-state index is 13.6. The molecule has 430 valence electrons. The van der Waals surface area contributed by atoms with Crippen molar-refractivity contribution in [1.29, 1.82) is 0 Å². The summed E-state index contributed by atoms with van der Waals surface area (Å²) in [5, 5.41) is 8.35. The van der Waals surface area contributed by atoms with Crippen molar-refractivity contribution in [3.05, 3.63) is 134 Å². The zero-order valence-corrected chi connectivity index (χ0v) is 47.9. The Morgan fingerprint density at radius 1 is 0.775 bits per heavy atom. The van der Waals surface area contributed by atoms with E-state index in [-0.39, 0.29) is 68.5 Å². The van der Waals surface area contributed by atoms with Crippen LogP contribution in [0.1, 0.15) is 152 Å². The van der Waals surface area contributed by atoms with E-state index in [9.17, 15) is 28.8 Å². The molecule has 1 saturated heterocycles. The molecule has 0 radical (unpaired) electrons. The molecule has 5 aliphatic rings. The first-order valence-corrected chi connectivity index (χ1v) is 29.5. The van der Waals surface area contributed by atoms with E-state index in [1.807, 2.05) is 78.9 Å². The van der Waals surface area contributed by atoms with Crippen molar-refractivity contribution in [2.75, 3.05) is 41.0 Å². The number of nitrogens with zero attached hydrogens (tertiary/aromatic N) is 1. The number of H-pyrrole nitrogens is 1. The van der Waals surface area contributed by atoms with Crippen LogP contribution in [0.25, 0.3) is 6.08 Å². The van der Waals surface area contributed by atoms with Crippen LogP contribution in [-0.4, -0.2) is 80.1 Å². The number of carbonyl (C=O) groups excluding carboxylic acids is 4. The maximum Gasteiger partial charge on any atom is 0.330 e. The van der Waals surface area contributed by atoms with Gasteiger partial charge in [-0.1, -0.05) is 88.2 Å². The second-order valence-electron chi connectivity index (χ2n) is 24.2. The summed E-state index contributed by atoms with van der Waals surface area (Å²) in [6.45, 7) is 8.01. The Kier molecular flexibility index (Phi) is 18.7. The number of Topliss-reactive ketones (excluding diaryl/α,β-unsaturated/α-hetero) is 1. The molecule has 0 bridgehead atoms. The highest BCUT2D eigenvalue weighted by molar-refractivity contribution is 5.91. The van der Waals surface area contributed by atoms with Crippen LogP contribution >= 0.6 is 0 Å². The second kappa shape index (κ2) is 25.6. The lowest BCUT2D eigenvalue weighted by Crippen LogP contribution is -2.53. The summed E-state index contributed by atoms with van der Waals surface area (Å²) in [4.78, 5) is 81.2. The highest BCUT2D eigenvalue weighted by atomic mass is 16.6. The zero-order valence-electron chi connectivity index (χ0n) is 47.9. The predicted molar refractivity (Wildman–Crippen MR) is 308 cm³/mol. The molecule has 4 aromatic rings. The van der Waals surface area contributed by atoms with Gasteiger partial charge >= 0.3 is 5.69 Å². The number of ether oxygens (including phenoxy) is 4. The Labute approximate surface area is 471 Å². The number of aromatic nitrogens is 2. The van der Waals surface area contributed by atoms with Gasteiger partial charge < -0.3 is 34.9 Å². The molecule has 80 heavy (non-hydrogen) atoms. The predicted octanol–water partition coefficient (Wildman–Crippen LogP) is 9.66. The third kappa shape index (κ3) is 12.4. The van der Waals surface area contributed by atoms with E-state index in [1.165, 1.54) is 94.2 Å². The monoisotopic (exact) mass is 1100 g/mol. The van der Waals surface area contributed by atoms with Gasteiger partial charge in [0.25, 0.3) is 5.56 Å². The Bertz CT molecular complexity index is 2890. The van der Waals surface area contributed by atoms with E-state index in [1.54, 1.807) is 14.2 Å². The van der Waals surface area contributed by atoms with E-state index >= 15 is 0 Å². The summed E-state index contributed by atoms with van der Waals surface area (Å²) in [6.07, 6.45) is 17.6. The van der Waals surface area contributed by atoms with E-state index in [0.717, 1.165) is 46.8 Å². The number of carbonyl (C=O) groups is 4. The molecule has 3 aromatic carbocycles. The van der Waals surface area contributed by atoms with Gasteiger partial charge in [-0.25, -0.2) is 4.79 Å². The number of methoxy groups -OCH3 is 2. The summed E-state index contributed by atoms with van der Waals surface area (Å²) in [6, 6.07) is 25.0. The number of hydrogen-bond acceptors (Lipinski definition) is 10. The van der Waals surface area contributed by atoms with E-state index in [0.29, 0.717) is 40.6 Å². The van der Waals surface area contributed by atoms with Crippen LogP contribution in [0.2, 0.25) is 0 Å². The normalized spacial score (nSPS) is 27.5. The number of aromatic amines is 1. The molecule has 15 nitrogen and oxygen atoms in total. The molecule has 15 heteroatoms. The topological polar surface area (TPSA) is 196 Å². The van der Waals surface area contributed by atoms with Gasteiger partial charge in [-0.2, -0.15) is 0 Å². The molecule has 4 aliphatic carbocycles. The van der Waals surface area contributed by atoms with Crippen molar-refractivity contribution in [2.24, 2.45) is 52.3 Å². The fourth-order valence-corrected chi connectivity index (χ4v) is 15.8. The average Bonchev–Trinajstić information content (AvgIpc) is 4.24. The maximum atomic E-state index is 13.6. The third-order valence-corrected chi connectivity index (χ3v) is 20.0. The summed E-state index contributed by atoms with van der Waals surface area (Å²) >= 11 is 0. The van der Waals surface area contributed by atoms with Crippen LogP contribution in [0.3, 0.4) is 0 Å². The van der Waals surface area contributed by atoms with E-state index in [4.69, 9.17) is 18.9 Å². The van der Waals surface area contributed by atoms with Crippen LogP contribution in [0.5, 0.6) is 11.5 Å². The van der Waals surface area contributed by atoms with Crippen molar-refractivity contribution in [3.8, 4) is 11.5 Å². The lowest BCUT2D eigenvalue weighted by molar-refractivity contribution is -0.126. The molecule has 1 aliphatic heterocycles. The van der Waals surface area contributed by atoms with Crippen LogP contribution in [-0.2, 0) is 34.3 Å². The lowest BCUT2D eigenvalue weighted by atomic mass is 9.44. The van der Waals surface area contributed by atoms with Gasteiger partial charge in [0, 0.05) is 58.1 Å². The molecule has 0 spiro atoms. The molecule has 2 heterocycles. The van der Waals surface area contributed by atoms with Crippen LogP contribution in [0, 0.1) is 52.3 Å². The van der Waals surface area contributed by atoms with Crippen molar-refractivity contribution < 1.29 is 38.1 Å². The lowest BCUT2D eigenvalue weighted by Gasteiger charge is -2.61. The summed E-state index contributed by atoms with van der Waals surface area (Å²) in [5.41, 5.74) is 0.687. The molecule has 3 amide bonds. The van der Waals surface area contributed by atoms with Gasteiger partial charge in [0.1, 0.15) is 29.1 Å². The Morgan fingerprint density at radius 3 is 2.14 bits per heavy atom. The van der Waals surface area contributed by atoms with Crippen molar-refractivity contribution in [3.63, 3.8) is 0 Å². The summed E-state index contributed by atoms with van der Waals surface area (Å²) in [5.74, 6) is 4.52. The molecule has 4 N–H and O–H groups in total. The smallest absolute Gasteiger partial charge is 0.330 e. The highest BCUT2D eigenvalue weighted by Gasteiger charge is 2.60. The van der Waals surface area contributed by atoms with Gasteiger partial charge in [0.15, 0.2) is 0 Å². The van der Waals surface area contributed by atoms with Crippen molar-refractivity contribution in [1.82, 2.24) is 25.5 Å². The zero-order chi connectivity index (χ0) is 56.6. The summed E-state index contributed by atoms with van der Waals surface area (Å²) < 4.78 is 26.2. The van der Waals surface area contributed by atoms with Gasteiger partial charge in [-0.3, -0.25) is 33.5 Å². The van der Waals surface area contributed by atoms with Gasteiger partial charge in [-0.05, 0) is 163 Å².